The number of hydrogen-bond donors (Lipinski definition) is 0. The molecule has 98 valence electrons. The molecule has 0 saturated carbocycles. The molecule has 0 fully saturated rings. The maximum Gasteiger partial charge on any atom is 0.0679 e. The highest BCUT2D eigenvalue weighted by atomic mass is 15.2. The molecule has 18 heavy (non-hydrogen) atoms. The molecular weight excluding hydrogens is 224 g/mol. The van der Waals surface area contributed by atoms with Gasteiger partial charge in [-0.1, -0.05) is 6.07 Å². The summed E-state index contributed by atoms with van der Waals surface area (Å²) in [6.07, 6.45) is 1.93. The highest BCUT2D eigenvalue weighted by Gasteiger charge is 2.15. The van der Waals surface area contributed by atoms with Gasteiger partial charge in [0.15, 0.2) is 0 Å². The second-order valence-corrected chi connectivity index (χ2v) is 5.33. The third kappa shape index (κ3) is 2.54. The zero-order valence-corrected chi connectivity index (χ0v) is 11.9. The minimum absolute atomic E-state index is 0.407. The van der Waals surface area contributed by atoms with Crippen molar-refractivity contribution in [2.45, 2.75) is 6.04 Å². The fourth-order valence-electron chi connectivity index (χ4n) is 2.30. The number of likely N-dealkylation sites (N-methyl/N-ethyl adjacent to an activating group) is 2. The van der Waals surface area contributed by atoms with E-state index in [1.165, 1.54) is 16.5 Å². The van der Waals surface area contributed by atoms with Crippen LogP contribution >= 0.6 is 0 Å². The lowest BCUT2D eigenvalue weighted by Crippen LogP contribution is -2.30. The fraction of sp³-hybridized carbons (Fsp3) is 0.500. The summed E-state index contributed by atoms with van der Waals surface area (Å²) in [5.74, 6) is 0. The van der Waals surface area contributed by atoms with Crippen LogP contribution in [0.4, 0.5) is 0 Å². The van der Waals surface area contributed by atoms with Crippen LogP contribution in [-0.2, 0) is 7.05 Å². The molecule has 4 nitrogen and oxygen atoms in total. The Morgan fingerprint density at radius 2 is 1.94 bits per heavy atom. The molecule has 1 unspecified atom stereocenters. The van der Waals surface area contributed by atoms with Gasteiger partial charge >= 0.3 is 0 Å². The Labute approximate surface area is 109 Å². The summed E-state index contributed by atoms with van der Waals surface area (Å²) in [5, 5.41) is 5.50. The van der Waals surface area contributed by atoms with Gasteiger partial charge in [-0.15, -0.1) is 0 Å². The van der Waals surface area contributed by atoms with E-state index in [9.17, 15) is 0 Å². The third-order valence-electron chi connectivity index (χ3n) is 3.32. The summed E-state index contributed by atoms with van der Waals surface area (Å²) in [5.41, 5.74) is 2.52. The smallest absolute Gasteiger partial charge is 0.0679 e. The van der Waals surface area contributed by atoms with Crippen molar-refractivity contribution in [2.24, 2.45) is 7.05 Å². The number of hydrogen-bond acceptors (Lipinski definition) is 3. The van der Waals surface area contributed by atoms with Gasteiger partial charge in [-0.3, -0.25) is 4.68 Å². The Bertz CT molecular complexity index is 528. The largest absolute Gasteiger partial charge is 0.308 e. The molecule has 0 aliphatic carbocycles. The van der Waals surface area contributed by atoms with Gasteiger partial charge in [-0.05, 0) is 45.9 Å². The number of benzene rings is 1. The van der Waals surface area contributed by atoms with Gasteiger partial charge in [0.05, 0.1) is 11.7 Å². The van der Waals surface area contributed by atoms with Crippen molar-refractivity contribution in [3.63, 3.8) is 0 Å². The average Bonchev–Trinajstić information content (AvgIpc) is 2.67. The summed E-state index contributed by atoms with van der Waals surface area (Å²) in [6, 6.07) is 7.02. The first-order chi connectivity index (χ1) is 8.49. The first-order valence-corrected chi connectivity index (χ1v) is 6.22. The summed E-state index contributed by atoms with van der Waals surface area (Å²) < 4.78 is 1.91. The number of nitrogens with zero attached hydrogens (tertiary/aromatic N) is 4. The van der Waals surface area contributed by atoms with E-state index in [2.05, 4.69) is 61.3 Å². The maximum absolute atomic E-state index is 4.29. The van der Waals surface area contributed by atoms with Gasteiger partial charge < -0.3 is 9.80 Å². The Morgan fingerprint density at radius 3 is 2.56 bits per heavy atom. The molecule has 1 aromatic carbocycles. The van der Waals surface area contributed by atoms with E-state index in [0.717, 1.165) is 6.54 Å². The molecule has 0 saturated heterocycles. The summed E-state index contributed by atoms with van der Waals surface area (Å²) in [7, 11) is 10.5. The Morgan fingerprint density at radius 1 is 1.22 bits per heavy atom. The van der Waals surface area contributed by atoms with E-state index in [1.54, 1.807) is 0 Å². The Hall–Kier alpha value is -1.39. The van der Waals surface area contributed by atoms with Crippen LogP contribution in [0.1, 0.15) is 11.6 Å². The van der Waals surface area contributed by atoms with Gasteiger partial charge in [0.2, 0.25) is 0 Å². The molecule has 2 rings (SSSR count). The van der Waals surface area contributed by atoms with Crippen molar-refractivity contribution in [2.75, 3.05) is 34.7 Å². The summed E-state index contributed by atoms with van der Waals surface area (Å²) in [6.45, 7) is 1.01. The van der Waals surface area contributed by atoms with Crippen molar-refractivity contribution in [3.8, 4) is 0 Å². The zero-order valence-electron chi connectivity index (χ0n) is 11.9. The molecule has 0 aliphatic rings. The predicted octanol–water partition coefficient (Wildman–Crippen LogP) is 1.74. The first kappa shape index (κ1) is 13.1. The van der Waals surface area contributed by atoms with E-state index in [0.29, 0.717) is 6.04 Å². The second kappa shape index (κ2) is 5.08. The van der Waals surface area contributed by atoms with Gasteiger partial charge in [-0.25, -0.2) is 0 Å². The van der Waals surface area contributed by atoms with E-state index in [-0.39, 0.29) is 0 Å². The molecule has 0 bridgehead atoms. The average molecular weight is 246 g/mol. The molecule has 2 aromatic rings. The van der Waals surface area contributed by atoms with E-state index < -0.39 is 0 Å². The molecule has 0 aliphatic heterocycles. The van der Waals surface area contributed by atoms with Crippen LogP contribution in [0.25, 0.3) is 10.9 Å². The minimum Gasteiger partial charge on any atom is -0.308 e. The lowest BCUT2D eigenvalue weighted by molar-refractivity contribution is 0.231. The summed E-state index contributed by atoms with van der Waals surface area (Å²) >= 11 is 0. The van der Waals surface area contributed by atoms with Crippen molar-refractivity contribution in [3.05, 3.63) is 30.0 Å². The third-order valence-corrected chi connectivity index (χ3v) is 3.32. The molecule has 1 heterocycles. The Kier molecular flexibility index (Phi) is 3.68. The number of aromatic nitrogens is 2. The van der Waals surface area contributed by atoms with Crippen LogP contribution in [0.2, 0.25) is 0 Å². The predicted molar refractivity (Wildman–Crippen MR) is 75.7 cm³/mol. The highest BCUT2D eigenvalue weighted by molar-refractivity contribution is 5.79. The Balaban J connectivity index is 2.38. The quantitative estimate of drug-likeness (QED) is 0.821. The molecule has 0 radical (unpaired) electrons. The molecule has 1 atom stereocenters. The maximum atomic E-state index is 4.29. The minimum atomic E-state index is 0.407. The van der Waals surface area contributed by atoms with E-state index in [1.807, 2.05) is 17.9 Å². The van der Waals surface area contributed by atoms with Crippen LogP contribution in [-0.4, -0.2) is 54.3 Å². The van der Waals surface area contributed by atoms with Crippen molar-refractivity contribution >= 4 is 10.9 Å². The monoisotopic (exact) mass is 246 g/mol. The zero-order chi connectivity index (χ0) is 13.3. The normalized spacial score (nSPS) is 13.7. The fourth-order valence-corrected chi connectivity index (χ4v) is 2.30. The molecule has 0 spiro atoms. The van der Waals surface area contributed by atoms with Crippen LogP contribution in [0.15, 0.2) is 24.4 Å². The van der Waals surface area contributed by atoms with Crippen molar-refractivity contribution in [1.29, 1.82) is 0 Å². The van der Waals surface area contributed by atoms with Crippen LogP contribution in [0, 0.1) is 0 Å². The van der Waals surface area contributed by atoms with Crippen LogP contribution in [0.3, 0.4) is 0 Å². The highest BCUT2D eigenvalue weighted by Crippen LogP contribution is 2.23. The van der Waals surface area contributed by atoms with Crippen LogP contribution < -0.4 is 0 Å². The van der Waals surface area contributed by atoms with E-state index in [4.69, 9.17) is 0 Å². The molecular formula is C14H22N4. The van der Waals surface area contributed by atoms with E-state index >= 15 is 0 Å². The van der Waals surface area contributed by atoms with Gasteiger partial charge in [0.25, 0.3) is 0 Å². The van der Waals surface area contributed by atoms with Crippen molar-refractivity contribution < 1.29 is 0 Å². The molecule has 0 N–H and O–H groups in total. The lowest BCUT2D eigenvalue weighted by atomic mass is 10.0. The number of rotatable bonds is 4. The number of fused-ring (bicyclic) bond motifs is 1. The topological polar surface area (TPSA) is 24.3 Å². The SMILES string of the molecule is CN(C)CC(c1ccc2c(cnn2C)c1)N(C)C. The molecule has 4 heteroatoms. The summed E-state index contributed by atoms with van der Waals surface area (Å²) in [4.78, 5) is 4.48. The molecule has 1 aromatic heterocycles. The van der Waals surface area contributed by atoms with Gasteiger partial charge in [0, 0.05) is 25.0 Å². The van der Waals surface area contributed by atoms with Crippen molar-refractivity contribution in [1.82, 2.24) is 19.6 Å². The van der Waals surface area contributed by atoms with Gasteiger partial charge in [0.1, 0.15) is 0 Å². The van der Waals surface area contributed by atoms with Gasteiger partial charge in [-0.2, -0.15) is 5.10 Å². The second-order valence-electron chi connectivity index (χ2n) is 5.33. The first-order valence-electron chi connectivity index (χ1n) is 6.22. The lowest BCUT2D eigenvalue weighted by Gasteiger charge is -2.27. The number of aryl methyl sites for hydroxylation is 1. The van der Waals surface area contributed by atoms with Crippen LogP contribution in [0.5, 0.6) is 0 Å². The standard InChI is InChI=1S/C14H22N4/c1-16(2)10-14(17(3)4)11-6-7-13-12(8-11)9-15-18(13)5/h6-9,14H,10H2,1-5H3. The molecule has 0 amide bonds.